The van der Waals surface area contributed by atoms with Gasteiger partial charge >= 0.3 is 0 Å². The van der Waals surface area contributed by atoms with E-state index in [1.807, 2.05) is 0 Å². The summed E-state index contributed by atoms with van der Waals surface area (Å²) in [6.45, 7) is 1.60. The molecule has 10 heavy (non-hydrogen) atoms. The van der Waals surface area contributed by atoms with Crippen molar-refractivity contribution >= 4 is 5.95 Å². The molecule has 54 valence electrons. The second-order valence-corrected chi connectivity index (χ2v) is 1.84. The minimum atomic E-state index is -0.209. The van der Waals surface area contributed by atoms with Crippen molar-refractivity contribution in [2.45, 2.75) is 6.92 Å². The molecule has 0 unspecified atom stereocenters. The van der Waals surface area contributed by atoms with Crippen molar-refractivity contribution in [2.75, 3.05) is 12.4 Å². The smallest absolute Gasteiger partial charge is 0.273 e. The Kier molecular flexibility index (Phi) is 1.66. The predicted molar refractivity (Wildman–Crippen MR) is 36.9 cm³/mol. The molecule has 1 aromatic heterocycles. The summed E-state index contributed by atoms with van der Waals surface area (Å²) < 4.78 is 0. The van der Waals surface area contributed by atoms with Crippen LogP contribution in [-0.4, -0.2) is 22.2 Å². The molecule has 0 radical (unpaired) electrons. The van der Waals surface area contributed by atoms with Crippen LogP contribution in [0.5, 0.6) is 0 Å². The summed E-state index contributed by atoms with van der Waals surface area (Å²) in [5, 5.41) is 9.90. The summed E-state index contributed by atoms with van der Waals surface area (Å²) in [5.41, 5.74) is 0.165. The maximum atomic E-state index is 10.8. The van der Waals surface area contributed by atoms with Gasteiger partial charge in [0.05, 0.1) is 0 Å². The zero-order valence-electron chi connectivity index (χ0n) is 5.80. The molecule has 0 fully saturated rings. The van der Waals surface area contributed by atoms with E-state index in [0.29, 0.717) is 11.6 Å². The van der Waals surface area contributed by atoms with Crippen LogP contribution in [0.3, 0.4) is 0 Å². The van der Waals surface area contributed by atoms with Crippen LogP contribution >= 0.6 is 0 Å². The Bertz CT molecular complexity index is 279. The normalized spacial score (nSPS) is 9.40. The minimum absolute atomic E-state index is 0.209. The molecule has 5 nitrogen and oxygen atoms in total. The number of aromatic amines is 1. The Labute approximate surface area is 57.5 Å². The first kappa shape index (κ1) is 6.73. The van der Waals surface area contributed by atoms with Crippen molar-refractivity contribution in [3.8, 4) is 0 Å². The summed E-state index contributed by atoms with van der Waals surface area (Å²) >= 11 is 0. The quantitative estimate of drug-likeness (QED) is 0.552. The van der Waals surface area contributed by atoms with E-state index in [-0.39, 0.29) is 5.56 Å². The minimum Gasteiger partial charge on any atom is -0.358 e. The number of aromatic nitrogens is 3. The molecule has 5 heteroatoms. The molecule has 0 saturated carbocycles. The Balaban J connectivity index is 3.17. The van der Waals surface area contributed by atoms with Crippen LogP contribution in [0.25, 0.3) is 0 Å². The van der Waals surface area contributed by atoms with Gasteiger partial charge in [0.25, 0.3) is 5.56 Å². The lowest BCUT2D eigenvalue weighted by molar-refractivity contribution is 0.904. The van der Waals surface area contributed by atoms with E-state index < -0.39 is 0 Å². The zero-order valence-corrected chi connectivity index (χ0v) is 5.80. The molecular formula is C5H8N4O. The molecule has 0 aliphatic rings. The van der Waals surface area contributed by atoms with Gasteiger partial charge in [-0.05, 0) is 6.92 Å². The molecule has 1 heterocycles. The second-order valence-electron chi connectivity index (χ2n) is 1.84. The van der Waals surface area contributed by atoms with Crippen molar-refractivity contribution in [1.29, 1.82) is 0 Å². The van der Waals surface area contributed by atoms with E-state index in [1.165, 1.54) is 0 Å². The molecule has 0 aromatic carbocycles. The summed E-state index contributed by atoms with van der Waals surface area (Å²) in [6, 6.07) is 0. The van der Waals surface area contributed by atoms with Gasteiger partial charge in [0.2, 0.25) is 5.95 Å². The molecule has 0 aliphatic heterocycles. The molecule has 0 aliphatic carbocycles. The number of anilines is 1. The topological polar surface area (TPSA) is 70.7 Å². The van der Waals surface area contributed by atoms with E-state index in [1.54, 1.807) is 14.0 Å². The molecule has 1 aromatic rings. The standard InChI is InChI=1S/C5H8N4O/c1-3-4(10)7-5(6-2)9-8-3/h1-2H3,(H2,6,7,9,10). The third kappa shape index (κ3) is 1.12. The van der Waals surface area contributed by atoms with Crippen molar-refractivity contribution in [3.63, 3.8) is 0 Å². The SMILES string of the molecule is CNc1nnc(C)c(=O)[nH]1. The average Bonchev–Trinajstić information content (AvgIpc) is 1.95. The van der Waals surface area contributed by atoms with Gasteiger partial charge in [-0.3, -0.25) is 9.78 Å². The van der Waals surface area contributed by atoms with Crippen LogP contribution in [0.15, 0.2) is 4.79 Å². The first-order chi connectivity index (χ1) is 4.74. The molecule has 0 amide bonds. The van der Waals surface area contributed by atoms with Crippen LogP contribution in [0, 0.1) is 6.92 Å². The van der Waals surface area contributed by atoms with Gasteiger partial charge in [0.1, 0.15) is 5.69 Å². The number of H-pyrrole nitrogens is 1. The zero-order chi connectivity index (χ0) is 7.56. The number of nitrogens with one attached hydrogen (secondary N) is 2. The van der Waals surface area contributed by atoms with E-state index in [4.69, 9.17) is 0 Å². The van der Waals surface area contributed by atoms with Crippen LogP contribution in [0.2, 0.25) is 0 Å². The first-order valence-electron chi connectivity index (χ1n) is 2.85. The highest BCUT2D eigenvalue weighted by Gasteiger charge is 1.94. The first-order valence-corrected chi connectivity index (χ1v) is 2.85. The van der Waals surface area contributed by atoms with Crippen molar-refractivity contribution < 1.29 is 0 Å². The average molecular weight is 140 g/mol. The highest BCUT2D eigenvalue weighted by Crippen LogP contribution is 1.85. The third-order valence-corrected chi connectivity index (χ3v) is 1.10. The number of hydrogen-bond donors (Lipinski definition) is 2. The third-order valence-electron chi connectivity index (χ3n) is 1.10. The second kappa shape index (κ2) is 2.47. The molecule has 0 atom stereocenters. The monoisotopic (exact) mass is 140 g/mol. The van der Waals surface area contributed by atoms with E-state index >= 15 is 0 Å². The fraction of sp³-hybridized carbons (Fsp3) is 0.400. The van der Waals surface area contributed by atoms with Gasteiger partial charge in [-0.2, -0.15) is 0 Å². The fourth-order valence-corrected chi connectivity index (χ4v) is 0.506. The molecule has 2 N–H and O–H groups in total. The lowest BCUT2D eigenvalue weighted by atomic mass is 10.5. The summed E-state index contributed by atoms with van der Waals surface area (Å²) in [6.07, 6.45) is 0. The molecule has 0 spiro atoms. The Hall–Kier alpha value is -1.39. The highest BCUT2D eigenvalue weighted by molar-refractivity contribution is 5.18. The van der Waals surface area contributed by atoms with Crippen LogP contribution in [0.4, 0.5) is 5.95 Å². The Morgan fingerprint density at radius 1 is 1.50 bits per heavy atom. The van der Waals surface area contributed by atoms with E-state index in [2.05, 4.69) is 20.5 Å². The van der Waals surface area contributed by atoms with Gasteiger partial charge in [-0.15, -0.1) is 10.2 Å². The lowest BCUT2D eigenvalue weighted by Crippen LogP contribution is -2.15. The molecule has 0 bridgehead atoms. The number of hydrogen-bond acceptors (Lipinski definition) is 4. The van der Waals surface area contributed by atoms with Gasteiger partial charge < -0.3 is 5.32 Å². The molecular weight excluding hydrogens is 132 g/mol. The highest BCUT2D eigenvalue weighted by atomic mass is 16.1. The van der Waals surface area contributed by atoms with Crippen LogP contribution in [-0.2, 0) is 0 Å². The predicted octanol–water partition coefficient (Wildman–Crippen LogP) is -0.485. The van der Waals surface area contributed by atoms with E-state index in [9.17, 15) is 4.79 Å². The number of aryl methyl sites for hydroxylation is 1. The maximum absolute atomic E-state index is 10.8. The van der Waals surface area contributed by atoms with Gasteiger partial charge in [-0.25, -0.2) is 0 Å². The Morgan fingerprint density at radius 2 is 2.20 bits per heavy atom. The summed E-state index contributed by atoms with van der Waals surface area (Å²) in [4.78, 5) is 13.3. The summed E-state index contributed by atoms with van der Waals surface area (Å²) in [7, 11) is 1.66. The van der Waals surface area contributed by atoms with Crippen molar-refractivity contribution in [3.05, 3.63) is 16.0 Å². The van der Waals surface area contributed by atoms with Gasteiger partial charge in [0.15, 0.2) is 0 Å². The van der Waals surface area contributed by atoms with Crippen LogP contribution < -0.4 is 10.9 Å². The molecule has 1 rings (SSSR count). The van der Waals surface area contributed by atoms with Crippen LogP contribution in [0.1, 0.15) is 5.69 Å². The van der Waals surface area contributed by atoms with Crippen molar-refractivity contribution in [2.24, 2.45) is 0 Å². The van der Waals surface area contributed by atoms with Crippen molar-refractivity contribution in [1.82, 2.24) is 15.2 Å². The number of rotatable bonds is 1. The van der Waals surface area contributed by atoms with Gasteiger partial charge in [0, 0.05) is 7.05 Å². The fourth-order valence-electron chi connectivity index (χ4n) is 0.506. The number of nitrogens with zero attached hydrogens (tertiary/aromatic N) is 2. The van der Waals surface area contributed by atoms with E-state index in [0.717, 1.165) is 0 Å². The van der Waals surface area contributed by atoms with Gasteiger partial charge in [-0.1, -0.05) is 0 Å². The maximum Gasteiger partial charge on any atom is 0.273 e. The Morgan fingerprint density at radius 3 is 2.70 bits per heavy atom. The summed E-state index contributed by atoms with van der Waals surface area (Å²) in [5.74, 6) is 0.385. The lowest BCUT2D eigenvalue weighted by Gasteiger charge is -1.95. The largest absolute Gasteiger partial charge is 0.358 e. The molecule has 0 saturated heterocycles.